The number of amides is 1. The monoisotopic (exact) mass is 474 g/mol. The van der Waals surface area contributed by atoms with E-state index in [1.54, 1.807) is 24.6 Å². The molecule has 6 nitrogen and oxygen atoms in total. The number of hydrogen-bond acceptors (Lipinski definition) is 6. The first-order valence-electron chi connectivity index (χ1n) is 12.2. The molecule has 4 heterocycles. The van der Waals surface area contributed by atoms with E-state index in [-0.39, 0.29) is 5.91 Å². The molecule has 2 aromatic heterocycles. The third kappa shape index (κ3) is 4.01. The highest BCUT2D eigenvalue weighted by atomic mass is 32.1. The Hall–Kier alpha value is -2.77. The Morgan fingerprint density at radius 1 is 1.18 bits per heavy atom. The molecule has 1 spiro atoms. The number of pyridine rings is 1. The highest BCUT2D eigenvalue weighted by molar-refractivity contribution is 7.13. The number of aromatic nitrogens is 2. The smallest absolute Gasteiger partial charge is 0.228 e. The first-order chi connectivity index (χ1) is 16.6. The van der Waals surface area contributed by atoms with Gasteiger partial charge in [0.2, 0.25) is 5.91 Å². The summed E-state index contributed by atoms with van der Waals surface area (Å²) in [5.41, 5.74) is 5.44. The fourth-order valence-corrected chi connectivity index (χ4v) is 6.59. The summed E-state index contributed by atoms with van der Waals surface area (Å²) in [5.74, 6) is 0.903. The van der Waals surface area contributed by atoms with Crippen molar-refractivity contribution in [3.05, 3.63) is 64.9 Å². The number of aryl methyl sites for hydroxylation is 1. The average Bonchev–Trinajstić information content (AvgIpc) is 3.53. The molecule has 1 atom stereocenters. The number of ether oxygens (including phenoxy) is 1. The van der Waals surface area contributed by atoms with Gasteiger partial charge in [0.05, 0.1) is 19.7 Å². The number of nitrogens with zero attached hydrogens (tertiary/aromatic N) is 4. The van der Waals surface area contributed by atoms with Crippen LogP contribution < -0.4 is 4.74 Å². The van der Waals surface area contributed by atoms with Crippen molar-refractivity contribution in [2.45, 2.75) is 38.1 Å². The number of hydrogen-bond donors (Lipinski definition) is 0. The van der Waals surface area contributed by atoms with Crippen LogP contribution in [0.1, 0.15) is 42.1 Å². The van der Waals surface area contributed by atoms with Crippen LogP contribution in [0, 0.1) is 5.41 Å². The van der Waals surface area contributed by atoms with E-state index in [2.05, 4.69) is 33.1 Å². The summed E-state index contributed by atoms with van der Waals surface area (Å²) in [7, 11) is 1.62. The standard InChI is InChI=1S/C27H30N4O2S/c1-33-22-5-4-21(29-16-22)15-25(32)30-11-8-27(9-12-30)17-31(18-27)24-7-3-19-14-20(2-6-23(19)24)26-28-10-13-34-26/h2,4-6,10,13-14,16,24H,3,7-9,11-12,15,17-18H2,1H3/t24-/m0/s1. The number of rotatable bonds is 5. The molecule has 1 aliphatic carbocycles. The maximum Gasteiger partial charge on any atom is 0.228 e. The number of carbonyl (C=O) groups is 1. The molecule has 7 heteroatoms. The van der Waals surface area contributed by atoms with Gasteiger partial charge in [0.25, 0.3) is 0 Å². The molecular weight excluding hydrogens is 444 g/mol. The first kappa shape index (κ1) is 21.7. The van der Waals surface area contributed by atoms with Gasteiger partial charge in [-0.3, -0.25) is 14.7 Å². The fourth-order valence-electron chi connectivity index (χ4n) is 5.96. The van der Waals surface area contributed by atoms with Crippen LogP contribution in [0.2, 0.25) is 0 Å². The molecular formula is C27H30N4O2S. The molecule has 176 valence electrons. The lowest BCUT2D eigenvalue weighted by molar-refractivity contribution is -0.136. The number of methoxy groups -OCH3 is 1. The quantitative estimate of drug-likeness (QED) is 0.550. The van der Waals surface area contributed by atoms with Crippen molar-refractivity contribution in [2.75, 3.05) is 33.3 Å². The van der Waals surface area contributed by atoms with Crippen LogP contribution in [-0.2, 0) is 17.6 Å². The van der Waals surface area contributed by atoms with Gasteiger partial charge in [-0.05, 0) is 60.4 Å². The second-order valence-corrected chi connectivity index (χ2v) is 10.9. The van der Waals surface area contributed by atoms with Crippen molar-refractivity contribution in [2.24, 2.45) is 5.41 Å². The van der Waals surface area contributed by atoms with E-state index in [1.165, 1.54) is 23.1 Å². The summed E-state index contributed by atoms with van der Waals surface area (Å²) >= 11 is 1.70. The van der Waals surface area contributed by atoms with Gasteiger partial charge in [0.15, 0.2) is 0 Å². The Labute approximate surface area is 204 Å². The van der Waals surface area contributed by atoms with E-state index in [0.29, 0.717) is 17.9 Å². The van der Waals surface area contributed by atoms with Gasteiger partial charge in [-0.2, -0.15) is 0 Å². The molecule has 2 saturated heterocycles. The van der Waals surface area contributed by atoms with Gasteiger partial charge in [0, 0.05) is 55.1 Å². The lowest BCUT2D eigenvalue weighted by Gasteiger charge is -2.56. The molecule has 0 unspecified atom stereocenters. The van der Waals surface area contributed by atoms with E-state index in [9.17, 15) is 4.79 Å². The molecule has 3 aromatic rings. The van der Waals surface area contributed by atoms with Crippen molar-refractivity contribution in [1.29, 1.82) is 0 Å². The number of likely N-dealkylation sites (tertiary alicyclic amines) is 2. The molecule has 3 aliphatic rings. The molecule has 1 aromatic carbocycles. The summed E-state index contributed by atoms with van der Waals surface area (Å²) in [6, 6.07) is 11.2. The number of carbonyl (C=O) groups excluding carboxylic acids is 1. The average molecular weight is 475 g/mol. The number of piperidine rings is 1. The van der Waals surface area contributed by atoms with Crippen molar-refractivity contribution in [3.8, 4) is 16.3 Å². The molecule has 1 amide bonds. The predicted octanol–water partition coefficient (Wildman–Crippen LogP) is 4.37. The van der Waals surface area contributed by atoms with E-state index in [0.717, 1.165) is 61.9 Å². The van der Waals surface area contributed by atoms with Crippen molar-refractivity contribution in [1.82, 2.24) is 19.8 Å². The van der Waals surface area contributed by atoms with Gasteiger partial charge in [0.1, 0.15) is 10.8 Å². The zero-order chi connectivity index (χ0) is 23.1. The Morgan fingerprint density at radius 3 is 2.74 bits per heavy atom. The van der Waals surface area contributed by atoms with Crippen LogP contribution >= 0.6 is 11.3 Å². The van der Waals surface area contributed by atoms with Gasteiger partial charge in [-0.15, -0.1) is 11.3 Å². The molecule has 34 heavy (non-hydrogen) atoms. The second kappa shape index (κ2) is 8.78. The van der Waals surface area contributed by atoms with Crippen LogP contribution in [0.3, 0.4) is 0 Å². The summed E-state index contributed by atoms with van der Waals surface area (Å²) < 4.78 is 5.15. The Balaban J connectivity index is 1.03. The van der Waals surface area contributed by atoms with Crippen LogP contribution in [0.5, 0.6) is 5.75 Å². The molecule has 2 fully saturated rings. The number of fused-ring (bicyclic) bond motifs is 1. The summed E-state index contributed by atoms with van der Waals surface area (Å²) in [5, 5.41) is 3.15. The van der Waals surface area contributed by atoms with Crippen LogP contribution in [-0.4, -0.2) is 59.0 Å². The minimum atomic E-state index is 0.185. The van der Waals surface area contributed by atoms with Crippen LogP contribution in [0.4, 0.5) is 0 Å². The highest BCUT2D eigenvalue weighted by Gasteiger charge is 2.48. The predicted molar refractivity (Wildman–Crippen MR) is 133 cm³/mol. The highest BCUT2D eigenvalue weighted by Crippen LogP contribution is 2.48. The SMILES string of the molecule is COc1ccc(CC(=O)N2CCC3(CC2)CN([C@H]2CCc4cc(-c5nccs5)ccc42)C3)nc1. The van der Waals surface area contributed by atoms with Crippen LogP contribution in [0.25, 0.3) is 10.6 Å². The fraction of sp³-hybridized carbons (Fsp3) is 0.444. The maximum atomic E-state index is 12.8. The maximum absolute atomic E-state index is 12.8. The van der Waals surface area contributed by atoms with E-state index >= 15 is 0 Å². The zero-order valence-electron chi connectivity index (χ0n) is 19.6. The minimum absolute atomic E-state index is 0.185. The number of thiazole rings is 1. The third-order valence-electron chi connectivity index (χ3n) is 7.93. The van der Waals surface area contributed by atoms with Crippen LogP contribution in [0.15, 0.2) is 48.1 Å². The van der Waals surface area contributed by atoms with Crippen molar-refractivity contribution in [3.63, 3.8) is 0 Å². The largest absolute Gasteiger partial charge is 0.495 e. The Morgan fingerprint density at radius 2 is 2.03 bits per heavy atom. The van der Waals surface area contributed by atoms with Crippen molar-refractivity contribution < 1.29 is 9.53 Å². The van der Waals surface area contributed by atoms with E-state index in [4.69, 9.17) is 4.74 Å². The molecule has 0 bridgehead atoms. The van der Waals surface area contributed by atoms with Gasteiger partial charge < -0.3 is 9.64 Å². The topological polar surface area (TPSA) is 58.6 Å². The molecule has 0 saturated carbocycles. The summed E-state index contributed by atoms with van der Waals surface area (Å²) in [4.78, 5) is 26.3. The van der Waals surface area contributed by atoms with Gasteiger partial charge in [-0.1, -0.05) is 12.1 Å². The molecule has 0 radical (unpaired) electrons. The minimum Gasteiger partial charge on any atom is -0.495 e. The third-order valence-corrected chi connectivity index (χ3v) is 8.75. The van der Waals surface area contributed by atoms with Crippen molar-refractivity contribution >= 4 is 17.2 Å². The first-order valence-corrected chi connectivity index (χ1v) is 13.0. The lowest BCUT2D eigenvalue weighted by atomic mass is 9.71. The molecule has 0 N–H and O–H groups in total. The molecule has 2 aliphatic heterocycles. The van der Waals surface area contributed by atoms with E-state index < -0.39 is 0 Å². The van der Waals surface area contributed by atoms with Gasteiger partial charge >= 0.3 is 0 Å². The zero-order valence-corrected chi connectivity index (χ0v) is 20.4. The number of benzene rings is 1. The normalized spacial score (nSPS) is 21.3. The molecule has 6 rings (SSSR count). The van der Waals surface area contributed by atoms with E-state index in [1.807, 2.05) is 28.6 Å². The summed E-state index contributed by atoms with van der Waals surface area (Å²) in [6.45, 7) is 4.04. The Kier molecular flexibility index (Phi) is 5.62. The second-order valence-electron chi connectivity index (χ2n) is 9.96. The summed E-state index contributed by atoms with van der Waals surface area (Å²) in [6.07, 6.45) is 8.51. The lowest BCUT2D eigenvalue weighted by Crippen LogP contribution is -2.61. The Bertz CT molecular complexity index is 1160. The van der Waals surface area contributed by atoms with Gasteiger partial charge in [-0.25, -0.2) is 4.98 Å².